The van der Waals surface area contributed by atoms with Crippen molar-refractivity contribution in [3.05, 3.63) is 23.5 Å². The molecule has 0 bridgehead atoms. The molecule has 0 spiro atoms. The molecular weight excluding hydrogens is 242 g/mol. The molecule has 2 aromatic rings. The second-order valence-corrected chi connectivity index (χ2v) is 6.22. The Kier molecular flexibility index (Phi) is 4.40. The number of hydrogen-bond acceptors (Lipinski definition) is 3. The molecule has 1 atom stereocenters. The fraction of sp³-hybridized carbons (Fsp3) is 0.643. The van der Waals surface area contributed by atoms with Crippen molar-refractivity contribution >= 4 is 16.3 Å². The first-order valence-electron chi connectivity index (χ1n) is 6.78. The van der Waals surface area contributed by atoms with Crippen LogP contribution in [0, 0.1) is 5.41 Å². The second kappa shape index (κ2) is 5.85. The summed E-state index contributed by atoms with van der Waals surface area (Å²) in [6, 6.07) is 0. The van der Waals surface area contributed by atoms with Crippen LogP contribution in [0.1, 0.15) is 39.3 Å². The van der Waals surface area contributed by atoms with Crippen LogP contribution in [-0.4, -0.2) is 22.5 Å². The van der Waals surface area contributed by atoms with Gasteiger partial charge in [0.25, 0.3) is 0 Å². The molecule has 18 heavy (non-hydrogen) atoms. The van der Waals surface area contributed by atoms with Crippen molar-refractivity contribution in [2.75, 3.05) is 13.1 Å². The second-order valence-electron chi connectivity index (χ2n) is 5.34. The minimum absolute atomic E-state index is 0.314. The van der Waals surface area contributed by atoms with Gasteiger partial charge in [0.05, 0.1) is 5.69 Å². The van der Waals surface area contributed by atoms with Crippen molar-refractivity contribution in [3.63, 3.8) is 0 Å². The third-order valence-electron chi connectivity index (χ3n) is 3.41. The zero-order valence-electron chi connectivity index (χ0n) is 11.6. The van der Waals surface area contributed by atoms with Crippen LogP contribution in [0.15, 0.2) is 17.8 Å². The van der Waals surface area contributed by atoms with Crippen molar-refractivity contribution in [2.24, 2.45) is 5.41 Å². The summed E-state index contributed by atoms with van der Waals surface area (Å²) in [4.78, 5) is 5.81. The van der Waals surface area contributed by atoms with Gasteiger partial charge in [-0.3, -0.25) is 4.40 Å². The highest BCUT2D eigenvalue weighted by atomic mass is 32.1. The smallest absolute Gasteiger partial charge is 0.193 e. The van der Waals surface area contributed by atoms with Crippen LogP contribution in [0.2, 0.25) is 0 Å². The predicted octanol–water partition coefficient (Wildman–Crippen LogP) is 3.35. The number of rotatable bonds is 7. The number of thiazole rings is 1. The van der Waals surface area contributed by atoms with E-state index in [0.29, 0.717) is 5.41 Å². The van der Waals surface area contributed by atoms with Gasteiger partial charge in [-0.2, -0.15) is 0 Å². The highest BCUT2D eigenvalue weighted by Crippen LogP contribution is 2.28. The fourth-order valence-electron chi connectivity index (χ4n) is 2.57. The zero-order chi connectivity index (χ0) is 13.0. The molecule has 2 rings (SSSR count). The molecule has 0 aromatic carbocycles. The Bertz CT molecular complexity index is 459. The molecule has 0 aliphatic heterocycles. The Labute approximate surface area is 113 Å². The molecule has 0 aliphatic carbocycles. The normalized spacial score (nSPS) is 15.1. The van der Waals surface area contributed by atoms with Gasteiger partial charge in [0, 0.05) is 24.3 Å². The van der Waals surface area contributed by atoms with E-state index in [2.05, 4.69) is 48.3 Å². The van der Waals surface area contributed by atoms with E-state index in [4.69, 9.17) is 4.98 Å². The summed E-state index contributed by atoms with van der Waals surface area (Å²) in [5.41, 5.74) is 1.53. The third kappa shape index (κ3) is 3.12. The maximum absolute atomic E-state index is 4.70. The van der Waals surface area contributed by atoms with Gasteiger partial charge in [0.2, 0.25) is 0 Å². The minimum Gasteiger partial charge on any atom is -0.316 e. The number of imidazole rings is 1. The van der Waals surface area contributed by atoms with Gasteiger partial charge in [-0.15, -0.1) is 11.3 Å². The number of aromatic nitrogens is 2. The summed E-state index contributed by atoms with van der Waals surface area (Å²) in [6.07, 6.45) is 7.78. The van der Waals surface area contributed by atoms with Gasteiger partial charge >= 0.3 is 0 Å². The van der Waals surface area contributed by atoms with Crippen molar-refractivity contribution in [2.45, 2.75) is 40.0 Å². The number of nitrogens with one attached hydrogen (secondary N) is 1. The molecule has 4 heteroatoms. The molecule has 0 amide bonds. The molecule has 0 saturated carbocycles. The Morgan fingerprint density at radius 2 is 2.28 bits per heavy atom. The minimum atomic E-state index is 0.314. The van der Waals surface area contributed by atoms with Crippen molar-refractivity contribution < 1.29 is 0 Å². The van der Waals surface area contributed by atoms with Gasteiger partial charge in [-0.05, 0) is 24.8 Å². The molecule has 0 aliphatic rings. The monoisotopic (exact) mass is 265 g/mol. The van der Waals surface area contributed by atoms with Crippen LogP contribution < -0.4 is 5.32 Å². The molecule has 2 aromatic heterocycles. The fourth-order valence-corrected chi connectivity index (χ4v) is 3.29. The summed E-state index contributed by atoms with van der Waals surface area (Å²) in [5.74, 6) is 0. The molecule has 0 saturated heterocycles. The number of fused-ring (bicyclic) bond motifs is 1. The molecule has 1 unspecified atom stereocenters. The van der Waals surface area contributed by atoms with Crippen LogP contribution in [0.5, 0.6) is 0 Å². The van der Waals surface area contributed by atoms with Crippen molar-refractivity contribution in [1.82, 2.24) is 14.7 Å². The Hall–Kier alpha value is -0.870. The maximum atomic E-state index is 4.70. The van der Waals surface area contributed by atoms with Crippen LogP contribution in [0.25, 0.3) is 4.96 Å². The lowest BCUT2D eigenvalue weighted by Crippen LogP contribution is -2.33. The Morgan fingerprint density at radius 3 is 2.94 bits per heavy atom. The largest absolute Gasteiger partial charge is 0.316 e. The van der Waals surface area contributed by atoms with Gasteiger partial charge in [-0.25, -0.2) is 4.98 Å². The number of nitrogens with zero attached hydrogens (tertiary/aromatic N) is 2. The van der Waals surface area contributed by atoms with Crippen LogP contribution in [0.4, 0.5) is 0 Å². The molecule has 1 N–H and O–H groups in total. The van der Waals surface area contributed by atoms with Crippen LogP contribution in [-0.2, 0) is 6.42 Å². The molecule has 2 heterocycles. The average molecular weight is 265 g/mol. The third-order valence-corrected chi connectivity index (χ3v) is 4.18. The lowest BCUT2D eigenvalue weighted by molar-refractivity contribution is 0.275. The summed E-state index contributed by atoms with van der Waals surface area (Å²) >= 11 is 1.70. The van der Waals surface area contributed by atoms with E-state index in [1.807, 2.05) is 0 Å². The highest BCUT2D eigenvalue weighted by Gasteiger charge is 2.24. The first-order valence-corrected chi connectivity index (χ1v) is 7.66. The molecule has 100 valence electrons. The van der Waals surface area contributed by atoms with E-state index in [1.165, 1.54) is 18.5 Å². The van der Waals surface area contributed by atoms with E-state index in [0.717, 1.165) is 24.5 Å². The zero-order valence-corrected chi connectivity index (χ0v) is 12.4. The van der Waals surface area contributed by atoms with Gasteiger partial charge in [-0.1, -0.05) is 27.2 Å². The lowest BCUT2D eigenvalue weighted by atomic mass is 9.81. The number of hydrogen-bond donors (Lipinski definition) is 1. The quantitative estimate of drug-likeness (QED) is 0.832. The van der Waals surface area contributed by atoms with E-state index in [-0.39, 0.29) is 0 Å². The highest BCUT2D eigenvalue weighted by molar-refractivity contribution is 7.15. The summed E-state index contributed by atoms with van der Waals surface area (Å²) in [6.45, 7) is 8.90. The van der Waals surface area contributed by atoms with Crippen molar-refractivity contribution in [1.29, 1.82) is 0 Å². The summed E-state index contributed by atoms with van der Waals surface area (Å²) in [5, 5.41) is 5.57. The van der Waals surface area contributed by atoms with Gasteiger partial charge < -0.3 is 5.32 Å². The summed E-state index contributed by atoms with van der Waals surface area (Å²) in [7, 11) is 0. The first kappa shape index (κ1) is 13.6. The predicted molar refractivity (Wildman–Crippen MR) is 78.3 cm³/mol. The standard InChI is InChI=1S/C14H23N3S/c1-4-6-14(3,11-15-5-2)9-12-10-17-7-8-18-13(17)16-12/h7-8,10,15H,4-6,9,11H2,1-3H3. The topological polar surface area (TPSA) is 29.3 Å². The van der Waals surface area contributed by atoms with E-state index in [1.54, 1.807) is 11.3 Å². The van der Waals surface area contributed by atoms with Crippen LogP contribution >= 0.6 is 11.3 Å². The van der Waals surface area contributed by atoms with E-state index >= 15 is 0 Å². The Morgan fingerprint density at radius 1 is 1.44 bits per heavy atom. The maximum Gasteiger partial charge on any atom is 0.193 e. The van der Waals surface area contributed by atoms with E-state index in [9.17, 15) is 0 Å². The lowest BCUT2D eigenvalue weighted by Gasteiger charge is -2.28. The molecule has 0 radical (unpaired) electrons. The van der Waals surface area contributed by atoms with E-state index < -0.39 is 0 Å². The first-order chi connectivity index (χ1) is 8.67. The summed E-state index contributed by atoms with van der Waals surface area (Å²) < 4.78 is 2.12. The molecule has 3 nitrogen and oxygen atoms in total. The average Bonchev–Trinajstić information content (AvgIpc) is 2.87. The molecule has 0 fully saturated rings. The SMILES string of the molecule is CCCC(C)(CNCC)Cc1cn2ccsc2n1. The Balaban J connectivity index is 2.09. The van der Waals surface area contributed by atoms with Crippen molar-refractivity contribution in [3.8, 4) is 0 Å². The van der Waals surface area contributed by atoms with Gasteiger partial charge in [0.1, 0.15) is 0 Å². The molecular formula is C14H23N3S. The van der Waals surface area contributed by atoms with Gasteiger partial charge in [0.15, 0.2) is 4.96 Å². The van der Waals surface area contributed by atoms with Crippen LogP contribution in [0.3, 0.4) is 0 Å².